The molecule has 2 heterocycles. The van der Waals surface area contributed by atoms with Gasteiger partial charge >= 0.3 is 0 Å². The molecule has 3 heteroatoms. The summed E-state index contributed by atoms with van der Waals surface area (Å²) in [4.78, 5) is 4.91. The molecule has 2 aliphatic rings. The van der Waals surface area contributed by atoms with Crippen LogP contribution in [0.2, 0.25) is 0 Å². The lowest BCUT2D eigenvalue weighted by Crippen LogP contribution is -2.43. The number of benzene rings is 1. The zero-order chi connectivity index (χ0) is 12.8. The quantitative estimate of drug-likeness (QED) is 0.757. The lowest BCUT2D eigenvalue weighted by molar-refractivity contribution is 0.0652. The molecule has 0 radical (unpaired) electrons. The molecule has 0 N–H and O–H groups in total. The first-order valence-electron chi connectivity index (χ1n) is 6.73. The van der Waals surface area contributed by atoms with Crippen LogP contribution in [0.1, 0.15) is 20.8 Å². The maximum atomic E-state index is 5.95. The van der Waals surface area contributed by atoms with E-state index in [4.69, 9.17) is 4.74 Å². The summed E-state index contributed by atoms with van der Waals surface area (Å²) in [5, 5.41) is 0. The Labute approximate surface area is 109 Å². The highest BCUT2D eigenvalue weighted by molar-refractivity contribution is 5.47. The van der Waals surface area contributed by atoms with Crippen molar-refractivity contribution in [3.05, 3.63) is 30.3 Å². The zero-order valence-electron chi connectivity index (χ0n) is 11.5. The van der Waals surface area contributed by atoms with Crippen molar-refractivity contribution in [1.29, 1.82) is 0 Å². The van der Waals surface area contributed by atoms with Gasteiger partial charge in [0.15, 0.2) is 0 Å². The SMILES string of the molecule is CC(C)(C)[C@H]1COC2CN(c3ccccc3)CN21. The highest BCUT2D eigenvalue weighted by Crippen LogP contribution is 2.35. The van der Waals surface area contributed by atoms with Crippen molar-refractivity contribution in [2.45, 2.75) is 33.0 Å². The third kappa shape index (κ3) is 2.02. The molecule has 2 fully saturated rings. The number of hydrogen-bond donors (Lipinski definition) is 0. The Balaban J connectivity index is 1.76. The Morgan fingerprint density at radius 2 is 1.89 bits per heavy atom. The standard InChI is InChI=1S/C15H22N2O/c1-15(2,3)13-10-18-14-9-16(11-17(13)14)12-7-5-4-6-8-12/h4-8,13-14H,9-11H2,1-3H3/t13-,14?/m1/s1. The smallest absolute Gasteiger partial charge is 0.130 e. The Bertz CT molecular complexity index is 412. The van der Waals surface area contributed by atoms with Gasteiger partial charge < -0.3 is 9.64 Å². The normalized spacial score (nSPS) is 28.7. The van der Waals surface area contributed by atoms with Gasteiger partial charge in [-0.05, 0) is 17.5 Å². The molecule has 2 atom stereocenters. The Morgan fingerprint density at radius 3 is 2.56 bits per heavy atom. The average Bonchev–Trinajstić information content (AvgIpc) is 2.87. The van der Waals surface area contributed by atoms with Crippen LogP contribution in [0.15, 0.2) is 30.3 Å². The lowest BCUT2D eigenvalue weighted by Gasteiger charge is -2.33. The molecule has 98 valence electrons. The maximum Gasteiger partial charge on any atom is 0.130 e. The molecule has 2 saturated heterocycles. The first-order valence-corrected chi connectivity index (χ1v) is 6.73. The molecule has 3 rings (SSSR count). The molecule has 2 aliphatic heterocycles. The Kier molecular flexibility index (Phi) is 2.83. The van der Waals surface area contributed by atoms with Crippen LogP contribution >= 0.6 is 0 Å². The summed E-state index contributed by atoms with van der Waals surface area (Å²) in [7, 11) is 0. The van der Waals surface area contributed by atoms with E-state index in [1.165, 1.54) is 5.69 Å². The van der Waals surface area contributed by atoms with Crippen molar-refractivity contribution < 1.29 is 4.74 Å². The number of fused-ring (bicyclic) bond motifs is 1. The van der Waals surface area contributed by atoms with E-state index in [1.807, 2.05) is 0 Å². The molecule has 1 aromatic rings. The number of para-hydroxylation sites is 1. The predicted molar refractivity (Wildman–Crippen MR) is 73.5 cm³/mol. The summed E-state index contributed by atoms with van der Waals surface area (Å²) in [5.74, 6) is 0. The number of rotatable bonds is 1. The van der Waals surface area contributed by atoms with Gasteiger partial charge in [-0.3, -0.25) is 4.90 Å². The van der Waals surface area contributed by atoms with Crippen molar-refractivity contribution >= 4 is 5.69 Å². The summed E-state index contributed by atoms with van der Waals surface area (Å²) in [6, 6.07) is 11.1. The van der Waals surface area contributed by atoms with Crippen LogP contribution in [0.25, 0.3) is 0 Å². The number of ether oxygens (including phenoxy) is 1. The van der Waals surface area contributed by atoms with E-state index in [-0.39, 0.29) is 11.6 Å². The largest absolute Gasteiger partial charge is 0.360 e. The monoisotopic (exact) mass is 246 g/mol. The maximum absolute atomic E-state index is 5.95. The fraction of sp³-hybridized carbons (Fsp3) is 0.600. The molecular formula is C15H22N2O. The van der Waals surface area contributed by atoms with Crippen molar-refractivity contribution in [3.8, 4) is 0 Å². The van der Waals surface area contributed by atoms with Crippen LogP contribution in [0.3, 0.4) is 0 Å². The number of hydrogen-bond acceptors (Lipinski definition) is 3. The molecule has 0 saturated carbocycles. The minimum absolute atomic E-state index is 0.273. The molecule has 0 aromatic heterocycles. The first-order chi connectivity index (χ1) is 8.55. The van der Waals surface area contributed by atoms with E-state index >= 15 is 0 Å². The van der Waals surface area contributed by atoms with Crippen LogP contribution in [0.4, 0.5) is 5.69 Å². The van der Waals surface area contributed by atoms with Crippen molar-refractivity contribution in [2.75, 3.05) is 24.7 Å². The van der Waals surface area contributed by atoms with E-state index in [9.17, 15) is 0 Å². The third-order valence-electron chi connectivity index (χ3n) is 4.05. The fourth-order valence-electron chi connectivity index (χ4n) is 2.96. The Morgan fingerprint density at radius 1 is 1.17 bits per heavy atom. The topological polar surface area (TPSA) is 15.7 Å². The molecule has 3 nitrogen and oxygen atoms in total. The summed E-state index contributed by atoms with van der Waals surface area (Å²) >= 11 is 0. The predicted octanol–water partition coefficient (Wildman–Crippen LogP) is 2.54. The van der Waals surface area contributed by atoms with Crippen molar-refractivity contribution in [1.82, 2.24) is 4.90 Å². The van der Waals surface area contributed by atoms with E-state index in [1.54, 1.807) is 0 Å². The number of anilines is 1. The fourth-order valence-corrected chi connectivity index (χ4v) is 2.96. The van der Waals surface area contributed by atoms with Gasteiger partial charge in [0.2, 0.25) is 0 Å². The van der Waals surface area contributed by atoms with Gasteiger partial charge in [0.05, 0.1) is 19.8 Å². The second-order valence-corrected chi connectivity index (χ2v) is 6.38. The van der Waals surface area contributed by atoms with Crippen LogP contribution in [-0.4, -0.2) is 37.0 Å². The van der Waals surface area contributed by atoms with E-state index in [0.29, 0.717) is 6.04 Å². The third-order valence-corrected chi connectivity index (χ3v) is 4.05. The summed E-state index contributed by atoms with van der Waals surface area (Å²) in [6.45, 7) is 9.74. The van der Waals surface area contributed by atoms with Gasteiger partial charge in [-0.25, -0.2) is 0 Å². The minimum atomic E-state index is 0.273. The molecule has 1 aromatic carbocycles. The van der Waals surface area contributed by atoms with Gasteiger partial charge in [0, 0.05) is 11.7 Å². The highest BCUT2D eigenvalue weighted by Gasteiger charge is 2.45. The van der Waals surface area contributed by atoms with Gasteiger partial charge in [0.1, 0.15) is 6.23 Å². The van der Waals surface area contributed by atoms with Gasteiger partial charge in [0.25, 0.3) is 0 Å². The summed E-state index contributed by atoms with van der Waals surface area (Å²) < 4.78 is 5.95. The van der Waals surface area contributed by atoms with Gasteiger partial charge in [-0.2, -0.15) is 0 Å². The van der Waals surface area contributed by atoms with Crippen LogP contribution in [0.5, 0.6) is 0 Å². The number of nitrogens with zero attached hydrogens (tertiary/aromatic N) is 2. The van der Waals surface area contributed by atoms with E-state index in [0.717, 1.165) is 19.8 Å². The van der Waals surface area contributed by atoms with Crippen LogP contribution in [0, 0.1) is 5.41 Å². The molecule has 0 spiro atoms. The molecule has 0 aliphatic carbocycles. The van der Waals surface area contributed by atoms with E-state index < -0.39 is 0 Å². The van der Waals surface area contributed by atoms with Crippen LogP contribution in [-0.2, 0) is 4.74 Å². The second kappa shape index (κ2) is 4.25. The van der Waals surface area contributed by atoms with Gasteiger partial charge in [-0.1, -0.05) is 39.0 Å². The summed E-state index contributed by atoms with van der Waals surface area (Å²) in [5.41, 5.74) is 1.57. The average molecular weight is 246 g/mol. The zero-order valence-corrected chi connectivity index (χ0v) is 11.5. The van der Waals surface area contributed by atoms with Gasteiger partial charge in [-0.15, -0.1) is 0 Å². The molecule has 0 bridgehead atoms. The molecule has 18 heavy (non-hydrogen) atoms. The minimum Gasteiger partial charge on any atom is -0.360 e. The van der Waals surface area contributed by atoms with Crippen molar-refractivity contribution in [3.63, 3.8) is 0 Å². The molecule has 0 amide bonds. The Hall–Kier alpha value is -1.06. The lowest BCUT2D eigenvalue weighted by atomic mass is 9.87. The highest BCUT2D eigenvalue weighted by atomic mass is 16.5. The van der Waals surface area contributed by atoms with Crippen molar-refractivity contribution in [2.24, 2.45) is 5.41 Å². The van der Waals surface area contributed by atoms with Crippen LogP contribution < -0.4 is 4.90 Å². The molecular weight excluding hydrogens is 224 g/mol. The second-order valence-electron chi connectivity index (χ2n) is 6.38. The molecule has 1 unspecified atom stereocenters. The summed E-state index contributed by atoms with van der Waals surface area (Å²) in [6.07, 6.45) is 0.273. The first kappa shape index (κ1) is 12.0. The van der Waals surface area contributed by atoms with E-state index in [2.05, 4.69) is 60.9 Å².